The van der Waals surface area contributed by atoms with Gasteiger partial charge in [0.15, 0.2) is 0 Å². The van der Waals surface area contributed by atoms with Crippen LogP contribution in [0.1, 0.15) is 44.6 Å². The number of hydrogen-bond acceptors (Lipinski definition) is 2. The number of nitrogens with one attached hydrogen (secondary N) is 1. The van der Waals surface area contributed by atoms with Crippen molar-refractivity contribution in [1.82, 2.24) is 5.32 Å². The minimum atomic E-state index is -0.837. The van der Waals surface area contributed by atoms with E-state index in [4.69, 9.17) is 0 Å². The molecule has 1 aliphatic rings. The number of amides is 1. The number of benzene rings is 1. The van der Waals surface area contributed by atoms with Crippen molar-refractivity contribution in [3.63, 3.8) is 0 Å². The molecule has 2 rings (SSSR count). The van der Waals surface area contributed by atoms with Gasteiger partial charge in [0.05, 0.1) is 5.41 Å². The number of aliphatic carboxylic acids is 1. The molecule has 5 heteroatoms. The van der Waals surface area contributed by atoms with Crippen LogP contribution in [-0.4, -0.2) is 23.0 Å². The zero-order valence-corrected chi connectivity index (χ0v) is 14.4. The quantitative estimate of drug-likeness (QED) is 0.774. The van der Waals surface area contributed by atoms with Crippen LogP contribution in [0.15, 0.2) is 28.7 Å². The highest BCUT2D eigenvalue weighted by Gasteiger charge is 2.45. The summed E-state index contributed by atoms with van der Waals surface area (Å²) in [5.74, 6) is -0.984. The highest BCUT2D eigenvalue weighted by atomic mass is 79.9. The lowest BCUT2D eigenvalue weighted by Crippen LogP contribution is -2.44. The van der Waals surface area contributed by atoms with Gasteiger partial charge in [-0.25, -0.2) is 0 Å². The van der Waals surface area contributed by atoms with Gasteiger partial charge in [0.1, 0.15) is 0 Å². The van der Waals surface area contributed by atoms with Crippen LogP contribution >= 0.6 is 15.9 Å². The monoisotopic (exact) mass is 367 g/mol. The smallest absolute Gasteiger partial charge is 0.310 e. The maximum absolute atomic E-state index is 12.0. The summed E-state index contributed by atoms with van der Waals surface area (Å²) in [6.45, 7) is 1.96. The normalized spacial score (nSPS) is 17.4. The van der Waals surface area contributed by atoms with Gasteiger partial charge in [-0.3, -0.25) is 9.59 Å². The Morgan fingerprint density at radius 1 is 1.32 bits per heavy atom. The van der Waals surface area contributed by atoms with Crippen molar-refractivity contribution in [2.75, 3.05) is 0 Å². The molecule has 1 aromatic carbocycles. The molecular formula is C17H22BrNO3. The Kier molecular flexibility index (Phi) is 5.62. The van der Waals surface area contributed by atoms with Crippen molar-refractivity contribution >= 4 is 27.8 Å². The fourth-order valence-electron chi connectivity index (χ4n) is 2.81. The Balaban J connectivity index is 1.76. The minimum Gasteiger partial charge on any atom is -0.481 e. The van der Waals surface area contributed by atoms with Gasteiger partial charge in [-0.05, 0) is 50.3 Å². The van der Waals surface area contributed by atoms with Crippen molar-refractivity contribution in [1.29, 1.82) is 0 Å². The molecule has 120 valence electrons. The van der Waals surface area contributed by atoms with E-state index >= 15 is 0 Å². The Morgan fingerprint density at radius 2 is 1.95 bits per heavy atom. The fourth-order valence-corrected chi connectivity index (χ4v) is 3.07. The largest absolute Gasteiger partial charge is 0.481 e. The average Bonchev–Trinajstić information content (AvgIpc) is 2.42. The van der Waals surface area contributed by atoms with Gasteiger partial charge in [0, 0.05) is 16.9 Å². The number of carbonyl (C=O) groups is 2. The summed E-state index contributed by atoms with van der Waals surface area (Å²) in [4.78, 5) is 23.3. The zero-order valence-electron chi connectivity index (χ0n) is 12.8. The Hall–Kier alpha value is -1.36. The van der Waals surface area contributed by atoms with Crippen LogP contribution in [0.2, 0.25) is 0 Å². The van der Waals surface area contributed by atoms with E-state index in [9.17, 15) is 14.7 Å². The summed E-state index contributed by atoms with van der Waals surface area (Å²) in [5, 5.41) is 12.2. The topological polar surface area (TPSA) is 66.4 Å². The molecule has 0 aliphatic heterocycles. The van der Waals surface area contributed by atoms with Crippen LogP contribution < -0.4 is 5.32 Å². The molecule has 0 spiro atoms. The number of carbonyl (C=O) groups excluding carboxylic acids is 1. The highest BCUT2D eigenvalue weighted by molar-refractivity contribution is 9.10. The second-order valence-corrected chi connectivity index (χ2v) is 7.17. The molecule has 2 N–H and O–H groups in total. The molecule has 0 saturated heterocycles. The van der Waals surface area contributed by atoms with Gasteiger partial charge >= 0.3 is 5.97 Å². The molecule has 0 aromatic heterocycles. The van der Waals surface area contributed by atoms with Gasteiger partial charge in [0.2, 0.25) is 5.91 Å². The van der Waals surface area contributed by atoms with Crippen molar-refractivity contribution < 1.29 is 14.7 Å². The molecule has 1 unspecified atom stereocenters. The Labute approximate surface area is 139 Å². The summed E-state index contributed by atoms with van der Waals surface area (Å²) < 4.78 is 1.05. The van der Waals surface area contributed by atoms with Crippen LogP contribution in [0, 0.1) is 5.41 Å². The van der Waals surface area contributed by atoms with E-state index in [1.807, 2.05) is 19.1 Å². The van der Waals surface area contributed by atoms with Crippen LogP contribution in [0.25, 0.3) is 0 Å². The number of rotatable bonds is 7. The lowest BCUT2D eigenvalue weighted by Gasteiger charge is -2.37. The third-order valence-corrected chi connectivity index (χ3v) is 4.98. The van der Waals surface area contributed by atoms with E-state index in [1.54, 1.807) is 0 Å². The van der Waals surface area contributed by atoms with Crippen molar-refractivity contribution in [2.24, 2.45) is 5.41 Å². The van der Waals surface area contributed by atoms with E-state index in [2.05, 4.69) is 33.4 Å². The molecule has 1 fully saturated rings. The van der Waals surface area contributed by atoms with Gasteiger partial charge in [0.25, 0.3) is 0 Å². The van der Waals surface area contributed by atoms with E-state index in [0.29, 0.717) is 12.8 Å². The van der Waals surface area contributed by atoms with E-state index in [1.165, 1.54) is 5.56 Å². The van der Waals surface area contributed by atoms with Crippen molar-refractivity contribution in [2.45, 2.75) is 51.5 Å². The number of carboxylic acids is 1. The van der Waals surface area contributed by atoms with Crippen molar-refractivity contribution in [3.8, 4) is 0 Å². The van der Waals surface area contributed by atoms with Crippen LogP contribution in [0.4, 0.5) is 0 Å². The summed E-state index contributed by atoms with van der Waals surface area (Å²) in [6.07, 6.45) is 3.96. The maximum atomic E-state index is 12.0. The minimum absolute atomic E-state index is 0.0436. The lowest BCUT2D eigenvalue weighted by molar-refractivity contribution is -0.157. The third-order valence-electron chi connectivity index (χ3n) is 4.45. The van der Waals surface area contributed by atoms with Crippen LogP contribution in [0.5, 0.6) is 0 Å². The number of aryl methyl sites for hydroxylation is 1. The van der Waals surface area contributed by atoms with E-state index in [-0.39, 0.29) is 18.4 Å². The van der Waals surface area contributed by atoms with Gasteiger partial charge in [-0.2, -0.15) is 0 Å². The molecule has 1 aromatic rings. The molecule has 4 nitrogen and oxygen atoms in total. The van der Waals surface area contributed by atoms with Gasteiger partial charge in [-0.15, -0.1) is 0 Å². The number of hydrogen-bond donors (Lipinski definition) is 2. The predicted octanol–water partition coefficient (Wildman–Crippen LogP) is 3.53. The molecule has 1 atom stereocenters. The number of carboxylic acid groups (broad SMARTS) is 1. The Morgan fingerprint density at radius 3 is 2.45 bits per heavy atom. The zero-order chi connectivity index (χ0) is 16.2. The molecule has 1 amide bonds. The van der Waals surface area contributed by atoms with E-state index in [0.717, 1.165) is 23.7 Å². The van der Waals surface area contributed by atoms with Gasteiger partial charge < -0.3 is 10.4 Å². The standard InChI is InChI=1S/C17H22BrNO3/c1-12(3-4-13-5-7-14(18)8-6-13)19-15(20)11-17(16(21)22)9-2-10-17/h5-8,12H,2-4,9-11H2,1H3,(H,19,20)(H,21,22). The molecule has 1 aliphatic carbocycles. The molecule has 1 saturated carbocycles. The first-order valence-corrected chi connectivity index (χ1v) is 8.48. The van der Waals surface area contributed by atoms with Crippen LogP contribution in [0.3, 0.4) is 0 Å². The molecule has 22 heavy (non-hydrogen) atoms. The first-order valence-electron chi connectivity index (χ1n) is 7.68. The lowest BCUT2D eigenvalue weighted by atomic mass is 9.66. The predicted molar refractivity (Wildman–Crippen MR) is 88.6 cm³/mol. The summed E-state index contributed by atoms with van der Waals surface area (Å²) in [6, 6.07) is 8.18. The third kappa shape index (κ3) is 4.32. The second kappa shape index (κ2) is 7.27. The van der Waals surface area contributed by atoms with E-state index < -0.39 is 11.4 Å². The highest BCUT2D eigenvalue weighted by Crippen LogP contribution is 2.44. The first-order chi connectivity index (χ1) is 10.4. The van der Waals surface area contributed by atoms with Crippen molar-refractivity contribution in [3.05, 3.63) is 34.3 Å². The SMILES string of the molecule is CC(CCc1ccc(Br)cc1)NC(=O)CC1(C(=O)O)CCC1. The fraction of sp³-hybridized carbons (Fsp3) is 0.529. The summed E-state index contributed by atoms with van der Waals surface area (Å²) >= 11 is 3.41. The average molecular weight is 368 g/mol. The molecular weight excluding hydrogens is 346 g/mol. The maximum Gasteiger partial charge on any atom is 0.310 e. The number of halogens is 1. The molecule has 0 heterocycles. The summed E-state index contributed by atoms with van der Waals surface area (Å²) in [7, 11) is 0. The van der Waals surface area contributed by atoms with Crippen LogP contribution in [-0.2, 0) is 16.0 Å². The molecule has 0 bridgehead atoms. The summed E-state index contributed by atoms with van der Waals surface area (Å²) in [5.41, 5.74) is 0.417. The van der Waals surface area contributed by atoms with Gasteiger partial charge in [-0.1, -0.05) is 34.5 Å². The Bertz CT molecular complexity index is 537. The first kappa shape index (κ1) is 17.0. The second-order valence-electron chi connectivity index (χ2n) is 6.25. The molecule has 0 radical (unpaired) electrons.